The van der Waals surface area contributed by atoms with Crippen LogP contribution in [0.5, 0.6) is 5.75 Å². The van der Waals surface area contributed by atoms with Gasteiger partial charge < -0.3 is 29.5 Å². The van der Waals surface area contributed by atoms with Crippen LogP contribution in [0.4, 0.5) is 0 Å². The molecular formula is C32H46O7. The lowest BCUT2D eigenvalue weighted by Crippen LogP contribution is -2.31. The molecule has 216 valence electrons. The third-order valence-electron chi connectivity index (χ3n) is 7.82. The van der Waals surface area contributed by atoms with E-state index < -0.39 is 30.4 Å². The van der Waals surface area contributed by atoms with Crippen molar-refractivity contribution in [2.45, 2.75) is 91.1 Å². The molecule has 0 radical (unpaired) electrons. The third-order valence-corrected chi connectivity index (χ3v) is 7.82. The van der Waals surface area contributed by atoms with Gasteiger partial charge in [0.1, 0.15) is 24.2 Å². The third kappa shape index (κ3) is 9.23. The first-order chi connectivity index (χ1) is 18.5. The van der Waals surface area contributed by atoms with E-state index in [-0.39, 0.29) is 24.5 Å². The molecule has 0 spiro atoms. The summed E-state index contributed by atoms with van der Waals surface area (Å²) in [6.45, 7) is 11.3. The van der Waals surface area contributed by atoms with Crippen molar-refractivity contribution >= 4 is 11.5 Å². The maximum atomic E-state index is 12.8. The summed E-state index contributed by atoms with van der Waals surface area (Å²) in [4.78, 5) is 12.8. The molecule has 0 fully saturated rings. The smallest absolute Gasteiger partial charge is 0.339 e. The highest BCUT2D eigenvalue weighted by atomic mass is 16.5. The van der Waals surface area contributed by atoms with E-state index in [1.165, 1.54) is 0 Å². The fourth-order valence-electron chi connectivity index (χ4n) is 4.53. The Bertz CT molecular complexity index is 1020. The van der Waals surface area contributed by atoms with Crippen LogP contribution in [0.15, 0.2) is 54.3 Å². The molecule has 1 heterocycles. The number of rotatable bonds is 14. The number of hydrogen-bond donors (Lipinski definition) is 3. The van der Waals surface area contributed by atoms with Crippen molar-refractivity contribution in [1.82, 2.24) is 0 Å². The summed E-state index contributed by atoms with van der Waals surface area (Å²) in [5.74, 6) is 1.30. The molecule has 0 amide bonds. The highest BCUT2D eigenvalue weighted by molar-refractivity contribution is 6.17. The molecule has 1 aliphatic carbocycles. The SMILES string of the molecule is CCC(O)C(O)CCOc1ccc(C2=CC3C=CC(OCC(O)CCCC(C)C(C)(C)C)=CC3OC2=O)cc1. The second-order valence-electron chi connectivity index (χ2n) is 11.8. The summed E-state index contributed by atoms with van der Waals surface area (Å²) >= 11 is 0. The van der Waals surface area contributed by atoms with Gasteiger partial charge in [0.05, 0.1) is 30.5 Å². The van der Waals surface area contributed by atoms with Gasteiger partial charge in [0.15, 0.2) is 0 Å². The molecule has 0 saturated carbocycles. The predicted molar refractivity (Wildman–Crippen MR) is 152 cm³/mol. The Morgan fingerprint density at radius 1 is 0.974 bits per heavy atom. The number of esters is 1. The number of hydrogen-bond acceptors (Lipinski definition) is 7. The summed E-state index contributed by atoms with van der Waals surface area (Å²) in [6, 6.07) is 7.16. The number of benzene rings is 1. The summed E-state index contributed by atoms with van der Waals surface area (Å²) < 4.78 is 17.2. The van der Waals surface area contributed by atoms with Crippen molar-refractivity contribution in [2.24, 2.45) is 17.3 Å². The molecule has 0 aromatic heterocycles. The van der Waals surface area contributed by atoms with Gasteiger partial charge in [0, 0.05) is 12.3 Å². The van der Waals surface area contributed by atoms with Gasteiger partial charge in [-0.1, -0.05) is 71.7 Å². The van der Waals surface area contributed by atoms with Crippen LogP contribution in [0.25, 0.3) is 5.57 Å². The van der Waals surface area contributed by atoms with E-state index in [4.69, 9.17) is 14.2 Å². The molecule has 1 aromatic rings. The Kier molecular flexibility index (Phi) is 11.2. The molecular weight excluding hydrogens is 496 g/mol. The number of aliphatic hydroxyl groups is 3. The molecule has 2 aliphatic rings. The van der Waals surface area contributed by atoms with Crippen LogP contribution in [0.1, 0.15) is 72.3 Å². The Morgan fingerprint density at radius 2 is 1.69 bits per heavy atom. The molecule has 3 N–H and O–H groups in total. The average Bonchev–Trinajstić information content (AvgIpc) is 2.90. The van der Waals surface area contributed by atoms with Gasteiger partial charge in [-0.15, -0.1) is 0 Å². The predicted octanol–water partition coefficient (Wildman–Crippen LogP) is 5.20. The van der Waals surface area contributed by atoms with Gasteiger partial charge in [-0.2, -0.15) is 0 Å². The Hall–Kier alpha value is -2.61. The second kappa shape index (κ2) is 14.1. The lowest BCUT2D eigenvalue weighted by atomic mass is 9.79. The molecule has 0 saturated heterocycles. The lowest BCUT2D eigenvalue weighted by Gasteiger charge is -2.29. The maximum Gasteiger partial charge on any atom is 0.339 e. The van der Waals surface area contributed by atoms with E-state index in [1.54, 1.807) is 30.3 Å². The minimum absolute atomic E-state index is 0.101. The van der Waals surface area contributed by atoms with E-state index in [0.29, 0.717) is 42.3 Å². The highest BCUT2D eigenvalue weighted by Gasteiger charge is 2.32. The minimum Gasteiger partial charge on any atom is -0.493 e. The minimum atomic E-state index is -0.815. The van der Waals surface area contributed by atoms with Gasteiger partial charge in [0.2, 0.25) is 0 Å². The number of carbonyl (C=O) groups is 1. The van der Waals surface area contributed by atoms with Crippen LogP contribution in [0.2, 0.25) is 0 Å². The standard InChI is InChI=1S/C32H46O7/c1-6-28(34)29(35)16-17-37-25-13-10-22(11-14-25)27-18-23-12-15-26(19-30(23)39-31(27)36)38-20-24(33)9-7-8-21(2)32(3,4)5/h10-15,18-19,21,23-24,28-30,33-35H,6-9,16-17,20H2,1-5H3. The number of ether oxygens (including phenoxy) is 3. The van der Waals surface area contributed by atoms with Crippen molar-refractivity contribution in [2.75, 3.05) is 13.2 Å². The fourth-order valence-corrected chi connectivity index (χ4v) is 4.53. The number of aliphatic hydroxyl groups excluding tert-OH is 3. The first-order valence-electron chi connectivity index (χ1n) is 14.2. The largest absolute Gasteiger partial charge is 0.493 e. The van der Waals surface area contributed by atoms with Crippen LogP contribution in [-0.4, -0.2) is 58.9 Å². The zero-order valence-electron chi connectivity index (χ0n) is 24.0. The Morgan fingerprint density at radius 3 is 2.36 bits per heavy atom. The number of carbonyl (C=O) groups excluding carboxylic acids is 1. The molecule has 3 rings (SSSR count). The van der Waals surface area contributed by atoms with Crippen LogP contribution in [0, 0.1) is 17.3 Å². The maximum absolute atomic E-state index is 12.8. The quantitative estimate of drug-likeness (QED) is 0.278. The van der Waals surface area contributed by atoms with Gasteiger partial charge >= 0.3 is 5.97 Å². The first kappa shape index (κ1) is 30.9. The second-order valence-corrected chi connectivity index (χ2v) is 11.8. The van der Waals surface area contributed by atoms with Gasteiger partial charge in [-0.25, -0.2) is 4.79 Å². The van der Waals surface area contributed by atoms with Crippen molar-refractivity contribution < 1.29 is 34.3 Å². The normalized spacial score (nSPS) is 22.1. The monoisotopic (exact) mass is 542 g/mol. The van der Waals surface area contributed by atoms with Gasteiger partial charge in [0.25, 0.3) is 0 Å². The molecule has 0 bridgehead atoms. The highest BCUT2D eigenvalue weighted by Crippen LogP contribution is 2.33. The van der Waals surface area contributed by atoms with Gasteiger partial charge in [-0.05, 0) is 54.0 Å². The van der Waals surface area contributed by atoms with E-state index in [9.17, 15) is 20.1 Å². The fraction of sp³-hybridized carbons (Fsp3) is 0.594. The van der Waals surface area contributed by atoms with Gasteiger partial charge in [-0.3, -0.25) is 0 Å². The molecule has 39 heavy (non-hydrogen) atoms. The van der Waals surface area contributed by atoms with Crippen LogP contribution < -0.4 is 4.74 Å². The molecule has 7 heteroatoms. The molecule has 1 aromatic carbocycles. The zero-order valence-corrected chi connectivity index (χ0v) is 24.0. The van der Waals surface area contributed by atoms with Crippen LogP contribution in [0.3, 0.4) is 0 Å². The van der Waals surface area contributed by atoms with Crippen LogP contribution in [-0.2, 0) is 14.3 Å². The number of fused-ring (bicyclic) bond motifs is 1. The Labute approximate surface area is 233 Å². The van der Waals surface area contributed by atoms with Crippen molar-refractivity contribution in [3.05, 3.63) is 59.9 Å². The summed E-state index contributed by atoms with van der Waals surface area (Å²) in [6.07, 6.45) is 8.51. The summed E-state index contributed by atoms with van der Waals surface area (Å²) in [7, 11) is 0. The van der Waals surface area contributed by atoms with E-state index in [1.807, 2.05) is 25.2 Å². The summed E-state index contributed by atoms with van der Waals surface area (Å²) in [5.41, 5.74) is 1.49. The topological polar surface area (TPSA) is 105 Å². The molecule has 6 unspecified atom stereocenters. The molecule has 7 nitrogen and oxygen atoms in total. The average molecular weight is 543 g/mol. The molecule has 6 atom stereocenters. The molecule has 1 aliphatic heterocycles. The summed E-state index contributed by atoms with van der Waals surface area (Å²) in [5, 5.41) is 29.9. The van der Waals surface area contributed by atoms with E-state index in [2.05, 4.69) is 27.7 Å². The van der Waals surface area contributed by atoms with E-state index in [0.717, 1.165) is 18.4 Å². The van der Waals surface area contributed by atoms with Crippen molar-refractivity contribution in [1.29, 1.82) is 0 Å². The number of allylic oxidation sites excluding steroid dienone is 1. The van der Waals surface area contributed by atoms with E-state index >= 15 is 0 Å². The lowest BCUT2D eigenvalue weighted by molar-refractivity contribution is -0.141. The zero-order chi connectivity index (χ0) is 28.6. The first-order valence-corrected chi connectivity index (χ1v) is 14.2. The van der Waals surface area contributed by atoms with Crippen molar-refractivity contribution in [3.63, 3.8) is 0 Å². The van der Waals surface area contributed by atoms with Crippen molar-refractivity contribution in [3.8, 4) is 5.75 Å². The Balaban J connectivity index is 1.48. The van der Waals surface area contributed by atoms with Crippen LogP contribution >= 0.6 is 0 Å².